The molecule has 0 saturated heterocycles. The lowest BCUT2D eigenvalue weighted by Crippen LogP contribution is -2.15. The number of rotatable bonds is 7. The highest BCUT2D eigenvalue weighted by Gasteiger charge is 2.22. The van der Waals surface area contributed by atoms with Crippen molar-refractivity contribution in [3.8, 4) is 0 Å². The predicted octanol–water partition coefficient (Wildman–Crippen LogP) is 14.7. The van der Waals surface area contributed by atoms with E-state index in [1.807, 2.05) is 13.1 Å². The van der Waals surface area contributed by atoms with E-state index in [-0.39, 0.29) is 11.7 Å². The van der Waals surface area contributed by atoms with Crippen LogP contribution in [0.15, 0.2) is 16.2 Å². The average Bonchev–Trinajstić information content (AvgIpc) is 3.24. The maximum atomic E-state index is 12.0. The summed E-state index contributed by atoms with van der Waals surface area (Å²) in [5.41, 5.74) is 24.2. The third-order valence-electron chi connectivity index (χ3n) is 15.1. The minimum atomic E-state index is -0.0687. The number of nitrogens with zero attached hydrogens (tertiary/aromatic N) is 3. The van der Waals surface area contributed by atoms with Crippen LogP contribution in [-0.4, -0.2) is 35.3 Å². The van der Waals surface area contributed by atoms with Gasteiger partial charge in [0.15, 0.2) is 0 Å². The Morgan fingerprint density at radius 2 is 1.00 bits per heavy atom. The molecule has 2 saturated carbocycles. The average molecular weight is 798 g/mol. The lowest BCUT2D eigenvalue weighted by molar-refractivity contribution is -0.118. The summed E-state index contributed by atoms with van der Waals surface area (Å²) in [6.07, 6.45) is 20.4. The molecular weight excluding hydrogens is 719 g/mol. The second-order valence-electron chi connectivity index (χ2n) is 18.3. The molecule has 6 rings (SSSR count). The molecule has 0 N–H and O–H groups in total. The number of ketones is 1. The maximum absolute atomic E-state index is 12.0. The summed E-state index contributed by atoms with van der Waals surface area (Å²) < 4.78 is 0. The molecule has 2 fully saturated rings. The smallest absolute Gasteiger partial charge is 0.137 e. The second kappa shape index (κ2) is 21.0. The van der Waals surface area contributed by atoms with Crippen LogP contribution in [0.5, 0.6) is 0 Å². The summed E-state index contributed by atoms with van der Waals surface area (Å²) in [7, 11) is 0. The van der Waals surface area contributed by atoms with Crippen LogP contribution in [-0.2, 0) is 11.2 Å². The maximum Gasteiger partial charge on any atom is 0.137 e. The van der Waals surface area contributed by atoms with Gasteiger partial charge in [0, 0.05) is 47.7 Å². The van der Waals surface area contributed by atoms with E-state index in [0.717, 1.165) is 12.1 Å². The summed E-state index contributed by atoms with van der Waals surface area (Å²) in [6, 6.07) is 1.03. The van der Waals surface area contributed by atoms with E-state index >= 15 is 0 Å². The fraction of sp³-hybridized carbons (Fsp3) is 0.564. The number of hydrogen-bond acceptors (Lipinski definition) is 4. The Kier molecular flexibility index (Phi) is 17.0. The third kappa shape index (κ3) is 10.7. The molecule has 2 aliphatic carbocycles. The number of aromatic nitrogens is 1. The van der Waals surface area contributed by atoms with Crippen LogP contribution in [0.1, 0.15) is 191 Å². The summed E-state index contributed by atoms with van der Waals surface area (Å²) >= 11 is 0. The number of benzene rings is 3. The summed E-state index contributed by atoms with van der Waals surface area (Å²) in [4.78, 5) is 26.3. The Labute approximate surface area is 360 Å². The molecular formula is C55H79N3O. The van der Waals surface area contributed by atoms with Gasteiger partial charge in [0.05, 0.1) is 0 Å². The topological polar surface area (TPSA) is 54.7 Å². The van der Waals surface area contributed by atoms with Crippen molar-refractivity contribution < 1.29 is 4.79 Å². The number of aliphatic imine (C=N–C) groups is 2. The quantitative estimate of drug-likeness (QED) is 0.175. The van der Waals surface area contributed by atoms with Crippen LogP contribution in [0.25, 0.3) is 10.8 Å². The number of fused-ring (bicyclic) bond motifs is 1. The molecule has 1 heterocycles. The Hall–Kier alpha value is -3.92. The van der Waals surface area contributed by atoms with Crippen molar-refractivity contribution in [2.45, 2.75) is 206 Å². The summed E-state index contributed by atoms with van der Waals surface area (Å²) in [5.74, 6) is 0.156. The van der Waals surface area contributed by atoms with Crippen molar-refractivity contribution in [3.63, 3.8) is 0 Å². The monoisotopic (exact) mass is 798 g/mol. The number of aryl methyl sites for hydroxylation is 4. The fourth-order valence-corrected chi connectivity index (χ4v) is 9.59. The molecule has 4 aromatic rings. The zero-order valence-electron chi connectivity index (χ0n) is 40.5. The molecule has 4 nitrogen and oxygen atoms in total. The molecule has 1 aromatic heterocycles. The zero-order valence-corrected chi connectivity index (χ0v) is 40.5. The van der Waals surface area contributed by atoms with Gasteiger partial charge in [0.2, 0.25) is 0 Å². The Balaban J connectivity index is 0.000000198. The van der Waals surface area contributed by atoms with Crippen molar-refractivity contribution >= 4 is 29.0 Å². The van der Waals surface area contributed by atoms with Gasteiger partial charge in [-0.1, -0.05) is 52.4 Å². The van der Waals surface area contributed by atoms with Crippen molar-refractivity contribution in [2.75, 3.05) is 0 Å². The van der Waals surface area contributed by atoms with Crippen molar-refractivity contribution in [2.24, 2.45) is 9.98 Å². The first-order valence-corrected chi connectivity index (χ1v) is 22.9. The molecule has 4 heteroatoms. The van der Waals surface area contributed by atoms with Gasteiger partial charge < -0.3 is 0 Å². The number of pyridine rings is 1. The van der Waals surface area contributed by atoms with E-state index in [9.17, 15) is 4.79 Å². The first kappa shape index (κ1) is 47.8. The van der Waals surface area contributed by atoms with Crippen LogP contribution in [0.4, 0.5) is 0 Å². The molecule has 0 aliphatic heterocycles. The molecule has 0 bridgehead atoms. The summed E-state index contributed by atoms with van der Waals surface area (Å²) in [6.45, 7) is 36.7. The SMILES string of the molecule is CC(=O)C(C)c1c(C)c(C)c(C)c(C)c1C=NC1CCCCC1.CCc1c(C)c(C)c(C)c(C)c1C=NC1CCCCC1.Cc1ncc2c(C)c(C)c(C)c(C)c2c1C. The third-order valence-corrected chi connectivity index (χ3v) is 15.1. The predicted molar refractivity (Wildman–Crippen MR) is 258 cm³/mol. The molecule has 0 amide bonds. The zero-order chi connectivity index (χ0) is 43.9. The lowest BCUT2D eigenvalue weighted by atomic mass is 9.82. The Bertz CT molecular complexity index is 2210. The van der Waals surface area contributed by atoms with Crippen LogP contribution >= 0.6 is 0 Å². The van der Waals surface area contributed by atoms with Crippen LogP contribution in [0, 0.1) is 96.9 Å². The first-order chi connectivity index (χ1) is 27.8. The van der Waals surface area contributed by atoms with Crippen LogP contribution in [0.2, 0.25) is 0 Å². The fourth-order valence-electron chi connectivity index (χ4n) is 9.59. The molecule has 2 aliphatic rings. The van der Waals surface area contributed by atoms with E-state index in [1.54, 1.807) is 6.92 Å². The van der Waals surface area contributed by atoms with E-state index in [4.69, 9.17) is 9.98 Å². The number of carbonyl (C=O) groups excluding carboxylic acids is 1. The van der Waals surface area contributed by atoms with Crippen molar-refractivity contribution in [1.82, 2.24) is 4.98 Å². The molecule has 320 valence electrons. The van der Waals surface area contributed by atoms with Gasteiger partial charge in [-0.3, -0.25) is 19.8 Å². The summed E-state index contributed by atoms with van der Waals surface area (Å²) in [5, 5.41) is 2.71. The molecule has 0 radical (unpaired) electrons. The van der Waals surface area contributed by atoms with Crippen molar-refractivity contribution in [3.05, 3.63) is 106 Å². The standard InChI is InChI=1S/C21H31NO.C19H29N.C15H19N/c1-13-14(2)16(4)21(17(5)18(6)23)20(15(13)3)12-22-19-10-8-7-9-11-19;1-6-18-15(4)13(2)14(3)16(5)19(18)12-20-17-10-8-7-9-11-17;1-8-9(2)11(4)15-12(5)13(6)16-7-14(15)10(8)3/h12,17,19H,7-11H2,1-6H3;12,17H,6-11H2,1-5H3;7H,1-6H3. The van der Waals surface area contributed by atoms with E-state index < -0.39 is 0 Å². The highest BCUT2D eigenvalue weighted by atomic mass is 16.1. The van der Waals surface area contributed by atoms with Gasteiger partial charge in [-0.25, -0.2) is 0 Å². The van der Waals surface area contributed by atoms with Gasteiger partial charge in [-0.15, -0.1) is 0 Å². The number of carbonyl (C=O) groups is 1. The number of hydrogen-bond donors (Lipinski definition) is 0. The first-order valence-electron chi connectivity index (χ1n) is 22.9. The molecule has 1 unspecified atom stereocenters. The molecule has 1 atom stereocenters. The van der Waals surface area contributed by atoms with Crippen molar-refractivity contribution in [1.29, 1.82) is 0 Å². The van der Waals surface area contributed by atoms with Gasteiger partial charge in [0.25, 0.3) is 0 Å². The Morgan fingerprint density at radius 1 is 0.576 bits per heavy atom. The van der Waals surface area contributed by atoms with E-state index in [1.165, 1.54) is 170 Å². The van der Waals surface area contributed by atoms with Gasteiger partial charge in [-0.05, 0) is 236 Å². The number of Topliss-reactive ketones (excluding diaryl/α,β-unsaturated/α-hetero) is 1. The molecule has 3 aromatic carbocycles. The van der Waals surface area contributed by atoms with E-state index in [2.05, 4.69) is 121 Å². The van der Waals surface area contributed by atoms with Crippen LogP contribution in [0.3, 0.4) is 0 Å². The highest BCUT2D eigenvalue weighted by molar-refractivity contribution is 5.93. The molecule has 0 spiro atoms. The minimum absolute atomic E-state index is 0.0687. The van der Waals surface area contributed by atoms with Gasteiger partial charge in [-0.2, -0.15) is 0 Å². The largest absolute Gasteiger partial charge is 0.299 e. The normalized spacial score (nSPS) is 15.7. The second-order valence-corrected chi connectivity index (χ2v) is 18.3. The van der Waals surface area contributed by atoms with E-state index in [0.29, 0.717) is 12.1 Å². The van der Waals surface area contributed by atoms with Crippen LogP contribution < -0.4 is 0 Å². The Morgan fingerprint density at radius 3 is 1.49 bits per heavy atom. The minimum Gasteiger partial charge on any atom is -0.299 e. The van der Waals surface area contributed by atoms with Gasteiger partial charge >= 0.3 is 0 Å². The van der Waals surface area contributed by atoms with Gasteiger partial charge in [0.1, 0.15) is 5.78 Å². The highest BCUT2D eigenvalue weighted by Crippen LogP contribution is 2.34. The lowest BCUT2D eigenvalue weighted by Gasteiger charge is -2.23. The molecule has 59 heavy (non-hydrogen) atoms.